The third-order valence-corrected chi connectivity index (χ3v) is 9.81. The lowest BCUT2D eigenvalue weighted by atomic mass is 9.85. The van der Waals surface area contributed by atoms with Gasteiger partial charge in [-0.1, -0.05) is 75.4 Å². The normalized spacial score (nSPS) is 12.7. The molecule has 0 saturated carbocycles. The van der Waals surface area contributed by atoms with Crippen LogP contribution in [-0.2, 0) is 11.0 Å². The average Bonchev–Trinajstić information content (AvgIpc) is 3.78. The zero-order valence-corrected chi connectivity index (χ0v) is 28.7. The number of imidazole rings is 1. The van der Waals surface area contributed by atoms with Gasteiger partial charge < -0.3 is 14.0 Å². The Labute approximate surface area is 285 Å². The van der Waals surface area contributed by atoms with Crippen LogP contribution in [0.25, 0.3) is 88.5 Å². The van der Waals surface area contributed by atoms with Crippen LogP contribution in [-0.4, -0.2) is 19.5 Å². The van der Waals surface area contributed by atoms with Gasteiger partial charge in [-0.25, -0.2) is 4.98 Å². The monoisotopic (exact) mass is 638 g/mol. The van der Waals surface area contributed by atoms with Crippen LogP contribution in [0.15, 0.2) is 120 Å². The molecule has 5 heteroatoms. The standard InChI is InChI=1S/C44H38N4O/c1-43(2,3)27-24-31-29-14-7-9-18-35(29)46-40(31)33(25-27)42-47-41-28(16-13-19-36(41)48(42)44(4,5)6)26-22-32(34-17-11-12-21-45-34)39-30-15-8-10-20-37(30)49-38(39)23-26/h7-25,46H,1-6H3. The first-order valence-corrected chi connectivity index (χ1v) is 17.0. The van der Waals surface area contributed by atoms with E-state index >= 15 is 0 Å². The molecule has 0 aliphatic heterocycles. The van der Waals surface area contributed by atoms with Crippen molar-refractivity contribution in [3.8, 4) is 33.8 Å². The third-order valence-electron chi connectivity index (χ3n) is 9.81. The fraction of sp³-hybridized carbons (Fsp3) is 0.182. The summed E-state index contributed by atoms with van der Waals surface area (Å²) in [6, 6.07) is 38.6. The van der Waals surface area contributed by atoms with Gasteiger partial charge in [-0.15, -0.1) is 0 Å². The summed E-state index contributed by atoms with van der Waals surface area (Å²) in [5.74, 6) is 0.951. The molecule has 0 unspecified atom stereocenters. The van der Waals surface area contributed by atoms with Gasteiger partial charge in [0.15, 0.2) is 0 Å². The van der Waals surface area contributed by atoms with Crippen LogP contribution in [0, 0.1) is 0 Å². The molecule has 0 atom stereocenters. The molecule has 0 saturated heterocycles. The number of aromatic nitrogens is 4. The van der Waals surface area contributed by atoms with Gasteiger partial charge in [0.25, 0.3) is 0 Å². The van der Waals surface area contributed by atoms with Gasteiger partial charge >= 0.3 is 0 Å². The predicted octanol–water partition coefficient (Wildman–Crippen LogP) is 12.0. The summed E-state index contributed by atoms with van der Waals surface area (Å²) in [5.41, 5.74) is 12.1. The lowest BCUT2D eigenvalue weighted by Crippen LogP contribution is -2.23. The Morgan fingerprint density at radius 1 is 0.653 bits per heavy atom. The van der Waals surface area contributed by atoms with E-state index in [0.29, 0.717) is 0 Å². The lowest BCUT2D eigenvalue weighted by Gasteiger charge is -2.26. The number of nitrogens with one attached hydrogen (secondary N) is 1. The minimum Gasteiger partial charge on any atom is -0.456 e. The quantitative estimate of drug-likeness (QED) is 0.209. The lowest BCUT2D eigenvalue weighted by molar-refractivity contribution is 0.413. The molecule has 4 heterocycles. The van der Waals surface area contributed by atoms with E-state index in [2.05, 4.69) is 136 Å². The summed E-state index contributed by atoms with van der Waals surface area (Å²) >= 11 is 0. The highest BCUT2D eigenvalue weighted by molar-refractivity contribution is 6.15. The molecule has 0 radical (unpaired) electrons. The summed E-state index contributed by atoms with van der Waals surface area (Å²) < 4.78 is 8.92. The first-order valence-electron chi connectivity index (χ1n) is 17.0. The molecule has 5 aromatic carbocycles. The van der Waals surface area contributed by atoms with Crippen LogP contribution in [0.2, 0.25) is 0 Å². The van der Waals surface area contributed by atoms with Gasteiger partial charge in [-0.05, 0) is 91.9 Å². The third kappa shape index (κ3) is 4.60. The Morgan fingerprint density at radius 3 is 2.20 bits per heavy atom. The number of pyridine rings is 1. The van der Waals surface area contributed by atoms with Gasteiger partial charge in [-0.2, -0.15) is 0 Å². The van der Waals surface area contributed by atoms with E-state index in [4.69, 9.17) is 14.4 Å². The molecule has 0 spiro atoms. The van der Waals surface area contributed by atoms with Crippen LogP contribution in [0.1, 0.15) is 47.1 Å². The highest BCUT2D eigenvalue weighted by Gasteiger charge is 2.28. The van der Waals surface area contributed by atoms with E-state index in [1.165, 1.54) is 16.3 Å². The van der Waals surface area contributed by atoms with Crippen molar-refractivity contribution in [3.63, 3.8) is 0 Å². The number of H-pyrrole nitrogens is 1. The van der Waals surface area contributed by atoms with E-state index in [1.54, 1.807) is 0 Å². The van der Waals surface area contributed by atoms with Gasteiger partial charge in [-0.3, -0.25) is 4.98 Å². The number of benzene rings is 5. The van der Waals surface area contributed by atoms with Gasteiger partial charge in [0.05, 0.1) is 22.2 Å². The Morgan fingerprint density at radius 2 is 1.43 bits per heavy atom. The van der Waals surface area contributed by atoms with Crippen LogP contribution in [0.5, 0.6) is 0 Å². The van der Waals surface area contributed by atoms with Crippen LogP contribution >= 0.6 is 0 Å². The van der Waals surface area contributed by atoms with Crippen molar-refractivity contribution in [1.29, 1.82) is 0 Å². The molecule has 0 bridgehead atoms. The van der Waals surface area contributed by atoms with Crippen LogP contribution < -0.4 is 0 Å². The van der Waals surface area contributed by atoms with Crippen molar-refractivity contribution in [2.75, 3.05) is 0 Å². The van der Waals surface area contributed by atoms with Crippen molar-refractivity contribution in [2.24, 2.45) is 0 Å². The largest absolute Gasteiger partial charge is 0.456 e. The zero-order chi connectivity index (χ0) is 33.7. The molecule has 49 heavy (non-hydrogen) atoms. The molecule has 0 amide bonds. The Kier molecular flexibility index (Phi) is 6.26. The maximum Gasteiger partial charge on any atom is 0.143 e. The molecule has 0 aliphatic rings. The summed E-state index contributed by atoms with van der Waals surface area (Å²) in [6.45, 7) is 13.6. The molecule has 0 aliphatic carbocycles. The summed E-state index contributed by atoms with van der Waals surface area (Å²) in [4.78, 5) is 14.2. The molecule has 240 valence electrons. The van der Waals surface area contributed by atoms with Gasteiger partial charge in [0.2, 0.25) is 0 Å². The smallest absolute Gasteiger partial charge is 0.143 e. The minimum absolute atomic E-state index is 0.0467. The summed E-state index contributed by atoms with van der Waals surface area (Å²) in [7, 11) is 0. The molecule has 5 nitrogen and oxygen atoms in total. The van der Waals surface area contributed by atoms with Gasteiger partial charge in [0, 0.05) is 55.5 Å². The highest BCUT2D eigenvalue weighted by atomic mass is 16.3. The van der Waals surface area contributed by atoms with E-state index in [-0.39, 0.29) is 11.0 Å². The van der Waals surface area contributed by atoms with Crippen molar-refractivity contribution in [1.82, 2.24) is 19.5 Å². The molecule has 1 N–H and O–H groups in total. The maximum atomic E-state index is 6.51. The second kappa shape index (κ2) is 10.4. The van der Waals surface area contributed by atoms with E-state index < -0.39 is 0 Å². The van der Waals surface area contributed by atoms with Crippen molar-refractivity contribution in [2.45, 2.75) is 52.5 Å². The van der Waals surface area contributed by atoms with Crippen molar-refractivity contribution in [3.05, 3.63) is 121 Å². The number of nitrogens with zero attached hydrogens (tertiary/aromatic N) is 3. The number of fused-ring (bicyclic) bond motifs is 7. The second-order valence-corrected chi connectivity index (χ2v) is 15.2. The molecular weight excluding hydrogens is 601 g/mol. The number of hydrogen-bond acceptors (Lipinski definition) is 3. The molecule has 9 aromatic rings. The number of rotatable bonds is 3. The fourth-order valence-electron chi connectivity index (χ4n) is 7.49. The fourth-order valence-corrected chi connectivity index (χ4v) is 7.49. The minimum atomic E-state index is -0.249. The molecule has 0 fully saturated rings. The Hall–Kier alpha value is -5.68. The van der Waals surface area contributed by atoms with Crippen molar-refractivity contribution >= 4 is 54.8 Å². The van der Waals surface area contributed by atoms with Crippen LogP contribution in [0.3, 0.4) is 0 Å². The molecule has 9 rings (SSSR count). The van der Waals surface area contributed by atoms with Gasteiger partial charge in [0.1, 0.15) is 17.0 Å². The van der Waals surface area contributed by atoms with E-state index in [9.17, 15) is 0 Å². The van der Waals surface area contributed by atoms with Crippen LogP contribution in [0.4, 0.5) is 0 Å². The summed E-state index contributed by atoms with van der Waals surface area (Å²) in [6.07, 6.45) is 1.85. The van der Waals surface area contributed by atoms with Crippen molar-refractivity contribution < 1.29 is 4.42 Å². The Bertz CT molecular complexity index is 2730. The average molecular weight is 639 g/mol. The maximum absolute atomic E-state index is 6.51. The highest BCUT2D eigenvalue weighted by Crippen LogP contribution is 2.44. The number of para-hydroxylation sites is 3. The zero-order valence-electron chi connectivity index (χ0n) is 28.7. The SMILES string of the molecule is CC(C)(C)c1cc(-c2nc3c(-c4cc(-c5ccccn5)c5c(c4)oc4ccccc45)cccc3n2C(C)(C)C)c2[nH]c3ccccc3c2c1. The topological polar surface area (TPSA) is 59.6 Å². The number of hydrogen-bond donors (Lipinski definition) is 1. The van der Waals surface area contributed by atoms with E-state index in [0.717, 1.165) is 77.8 Å². The first kappa shape index (κ1) is 29.5. The predicted molar refractivity (Wildman–Crippen MR) is 204 cm³/mol. The Balaban J connectivity index is 1.37. The number of aromatic amines is 1. The summed E-state index contributed by atoms with van der Waals surface area (Å²) in [5, 5.41) is 4.61. The second-order valence-electron chi connectivity index (χ2n) is 15.2. The van der Waals surface area contributed by atoms with E-state index in [1.807, 2.05) is 30.5 Å². The first-order chi connectivity index (χ1) is 23.6. The number of furan rings is 1. The molecule has 4 aromatic heterocycles. The molecular formula is C44H38N4O.